The standard InChI is InChI=1S/C9H12N6S/c1-6-7(10-2)11-4-12-8(6)16-9-13-5-14-15(9)3/h4-5H,1-3H3,(H,10,11,12). The molecule has 2 rings (SSSR count). The molecule has 0 aliphatic heterocycles. The van der Waals surface area contributed by atoms with Crippen molar-refractivity contribution in [1.29, 1.82) is 0 Å². The van der Waals surface area contributed by atoms with Gasteiger partial charge in [0.1, 0.15) is 23.5 Å². The van der Waals surface area contributed by atoms with E-state index in [0.717, 1.165) is 21.6 Å². The quantitative estimate of drug-likeness (QED) is 0.805. The summed E-state index contributed by atoms with van der Waals surface area (Å²) < 4.78 is 1.71. The molecule has 0 aromatic carbocycles. The van der Waals surface area contributed by atoms with Gasteiger partial charge in [-0.2, -0.15) is 5.10 Å². The third kappa shape index (κ3) is 1.99. The van der Waals surface area contributed by atoms with Crippen LogP contribution in [0.4, 0.5) is 5.82 Å². The van der Waals surface area contributed by atoms with Crippen LogP contribution in [0.25, 0.3) is 0 Å². The van der Waals surface area contributed by atoms with Crippen LogP contribution < -0.4 is 5.32 Å². The first-order chi connectivity index (χ1) is 7.72. The van der Waals surface area contributed by atoms with Gasteiger partial charge in [-0.3, -0.25) is 0 Å². The van der Waals surface area contributed by atoms with Crippen LogP contribution in [0.15, 0.2) is 22.8 Å². The average Bonchev–Trinajstić information content (AvgIpc) is 2.68. The number of aromatic nitrogens is 5. The van der Waals surface area contributed by atoms with Gasteiger partial charge in [0.15, 0.2) is 5.16 Å². The first-order valence-electron chi connectivity index (χ1n) is 4.73. The van der Waals surface area contributed by atoms with Gasteiger partial charge in [0, 0.05) is 19.7 Å². The zero-order chi connectivity index (χ0) is 11.5. The third-order valence-corrected chi connectivity index (χ3v) is 3.29. The van der Waals surface area contributed by atoms with Crippen molar-refractivity contribution in [2.75, 3.05) is 12.4 Å². The molecular weight excluding hydrogens is 224 g/mol. The molecule has 6 nitrogen and oxygen atoms in total. The summed E-state index contributed by atoms with van der Waals surface area (Å²) in [5.41, 5.74) is 1.01. The van der Waals surface area contributed by atoms with E-state index in [-0.39, 0.29) is 0 Å². The minimum Gasteiger partial charge on any atom is -0.373 e. The summed E-state index contributed by atoms with van der Waals surface area (Å²) in [7, 11) is 3.69. The summed E-state index contributed by atoms with van der Waals surface area (Å²) >= 11 is 1.48. The molecule has 2 aromatic heterocycles. The topological polar surface area (TPSA) is 68.5 Å². The Kier molecular flexibility index (Phi) is 3.04. The Morgan fingerprint density at radius 2 is 2.06 bits per heavy atom. The van der Waals surface area contributed by atoms with Gasteiger partial charge in [-0.25, -0.2) is 19.6 Å². The SMILES string of the molecule is CNc1ncnc(Sc2ncnn2C)c1C. The van der Waals surface area contributed by atoms with E-state index in [1.807, 2.05) is 21.0 Å². The van der Waals surface area contributed by atoms with Crippen LogP contribution >= 0.6 is 11.8 Å². The summed E-state index contributed by atoms with van der Waals surface area (Å²) in [6, 6.07) is 0. The Balaban J connectivity index is 2.32. The van der Waals surface area contributed by atoms with Crippen molar-refractivity contribution < 1.29 is 0 Å². The van der Waals surface area contributed by atoms with E-state index in [1.54, 1.807) is 4.68 Å². The Hall–Kier alpha value is -1.63. The van der Waals surface area contributed by atoms with Crippen LogP contribution in [0, 0.1) is 6.92 Å². The smallest absolute Gasteiger partial charge is 0.192 e. The van der Waals surface area contributed by atoms with E-state index in [1.165, 1.54) is 24.4 Å². The molecule has 0 saturated carbocycles. The van der Waals surface area contributed by atoms with E-state index in [9.17, 15) is 0 Å². The molecule has 0 aliphatic carbocycles. The van der Waals surface area contributed by atoms with Gasteiger partial charge in [-0.05, 0) is 18.7 Å². The molecule has 2 aromatic rings. The highest BCUT2D eigenvalue weighted by atomic mass is 32.2. The van der Waals surface area contributed by atoms with E-state index in [2.05, 4.69) is 25.4 Å². The summed E-state index contributed by atoms with van der Waals surface area (Å²) in [5.74, 6) is 0.833. The van der Waals surface area contributed by atoms with Crippen LogP contribution in [0.3, 0.4) is 0 Å². The maximum Gasteiger partial charge on any atom is 0.192 e. The highest BCUT2D eigenvalue weighted by molar-refractivity contribution is 7.99. The minimum absolute atomic E-state index is 0.809. The van der Waals surface area contributed by atoms with E-state index >= 15 is 0 Å². The van der Waals surface area contributed by atoms with Gasteiger partial charge >= 0.3 is 0 Å². The fourth-order valence-corrected chi connectivity index (χ4v) is 2.06. The molecule has 0 aliphatic rings. The lowest BCUT2D eigenvalue weighted by Gasteiger charge is -2.07. The third-order valence-electron chi connectivity index (χ3n) is 2.13. The fraction of sp³-hybridized carbons (Fsp3) is 0.333. The summed E-state index contributed by atoms with van der Waals surface area (Å²) in [5, 5.41) is 8.73. The van der Waals surface area contributed by atoms with Crippen LogP contribution in [0.5, 0.6) is 0 Å². The van der Waals surface area contributed by atoms with Crippen molar-refractivity contribution >= 4 is 17.6 Å². The Morgan fingerprint density at radius 1 is 1.25 bits per heavy atom. The Morgan fingerprint density at radius 3 is 2.69 bits per heavy atom. The second kappa shape index (κ2) is 4.48. The van der Waals surface area contributed by atoms with Crippen molar-refractivity contribution in [3.05, 3.63) is 18.2 Å². The average molecular weight is 236 g/mol. The predicted molar refractivity (Wildman–Crippen MR) is 61.4 cm³/mol. The number of hydrogen-bond donors (Lipinski definition) is 1. The van der Waals surface area contributed by atoms with Gasteiger partial charge in [-0.15, -0.1) is 0 Å². The number of nitrogens with one attached hydrogen (secondary N) is 1. The lowest BCUT2D eigenvalue weighted by atomic mass is 10.3. The number of aryl methyl sites for hydroxylation is 1. The van der Waals surface area contributed by atoms with Crippen LogP contribution in [-0.2, 0) is 7.05 Å². The zero-order valence-corrected chi connectivity index (χ0v) is 10.1. The van der Waals surface area contributed by atoms with Crippen molar-refractivity contribution in [3.63, 3.8) is 0 Å². The molecule has 0 amide bonds. The molecule has 0 fully saturated rings. The van der Waals surface area contributed by atoms with Gasteiger partial charge in [0.2, 0.25) is 0 Å². The van der Waals surface area contributed by atoms with Gasteiger partial charge < -0.3 is 5.32 Å². The molecule has 16 heavy (non-hydrogen) atoms. The Labute approximate surface area is 97.5 Å². The van der Waals surface area contributed by atoms with Gasteiger partial charge in [0.05, 0.1) is 0 Å². The van der Waals surface area contributed by atoms with Crippen molar-refractivity contribution in [2.45, 2.75) is 17.1 Å². The van der Waals surface area contributed by atoms with Gasteiger partial charge in [-0.1, -0.05) is 0 Å². The molecule has 7 heteroatoms. The molecule has 2 heterocycles. The summed E-state index contributed by atoms with van der Waals surface area (Å²) in [4.78, 5) is 12.5. The van der Waals surface area contributed by atoms with Crippen LogP contribution in [-0.4, -0.2) is 31.8 Å². The maximum atomic E-state index is 4.23. The maximum absolute atomic E-state index is 4.23. The Bertz CT molecular complexity index is 494. The van der Waals surface area contributed by atoms with Crippen molar-refractivity contribution in [3.8, 4) is 0 Å². The van der Waals surface area contributed by atoms with E-state index in [4.69, 9.17) is 0 Å². The molecule has 0 bridgehead atoms. The number of hydrogen-bond acceptors (Lipinski definition) is 6. The number of rotatable bonds is 3. The molecule has 0 atom stereocenters. The number of nitrogens with zero attached hydrogens (tertiary/aromatic N) is 5. The second-order valence-electron chi connectivity index (χ2n) is 3.17. The lowest BCUT2D eigenvalue weighted by Crippen LogP contribution is -2.00. The highest BCUT2D eigenvalue weighted by Crippen LogP contribution is 2.28. The minimum atomic E-state index is 0.809. The molecular formula is C9H12N6S. The fourth-order valence-electron chi connectivity index (χ4n) is 1.25. The van der Waals surface area contributed by atoms with Crippen LogP contribution in [0.1, 0.15) is 5.56 Å². The van der Waals surface area contributed by atoms with Crippen molar-refractivity contribution in [2.24, 2.45) is 7.05 Å². The molecule has 0 unspecified atom stereocenters. The molecule has 0 radical (unpaired) electrons. The zero-order valence-electron chi connectivity index (χ0n) is 9.30. The molecule has 0 saturated heterocycles. The van der Waals surface area contributed by atoms with Crippen LogP contribution in [0.2, 0.25) is 0 Å². The van der Waals surface area contributed by atoms with Crippen molar-refractivity contribution in [1.82, 2.24) is 24.7 Å². The summed E-state index contributed by atoms with van der Waals surface area (Å²) in [6.07, 6.45) is 3.06. The first-order valence-corrected chi connectivity index (χ1v) is 5.55. The molecule has 0 spiro atoms. The molecule has 1 N–H and O–H groups in total. The van der Waals surface area contributed by atoms with E-state index < -0.39 is 0 Å². The normalized spacial score (nSPS) is 10.4. The van der Waals surface area contributed by atoms with E-state index in [0.29, 0.717) is 0 Å². The summed E-state index contributed by atoms with van der Waals surface area (Å²) in [6.45, 7) is 1.98. The predicted octanol–water partition coefficient (Wildman–Crippen LogP) is 1.11. The largest absolute Gasteiger partial charge is 0.373 e. The first kappa shape index (κ1) is 10.9. The second-order valence-corrected chi connectivity index (χ2v) is 4.13. The highest BCUT2D eigenvalue weighted by Gasteiger charge is 2.10. The van der Waals surface area contributed by atoms with Gasteiger partial charge in [0.25, 0.3) is 0 Å². The monoisotopic (exact) mass is 236 g/mol. The number of anilines is 1. The lowest BCUT2D eigenvalue weighted by molar-refractivity contribution is 0.684. The molecule has 84 valence electrons.